The number of aryl methyl sites for hydroxylation is 1. The van der Waals surface area contributed by atoms with Gasteiger partial charge in [0, 0.05) is 23.4 Å². The summed E-state index contributed by atoms with van der Waals surface area (Å²) in [6.07, 6.45) is -1.99. The number of nitrogens with one attached hydrogen (secondary N) is 1. The molecule has 0 spiro atoms. The predicted molar refractivity (Wildman–Crippen MR) is 98.7 cm³/mol. The predicted octanol–water partition coefficient (Wildman–Crippen LogP) is 2.99. The van der Waals surface area contributed by atoms with Gasteiger partial charge in [-0.15, -0.1) is 5.10 Å². The molecule has 3 aromatic rings. The second kappa shape index (κ2) is 7.02. The van der Waals surface area contributed by atoms with Gasteiger partial charge in [-0.2, -0.15) is 22.7 Å². The van der Waals surface area contributed by atoms with Crippen molar-refractivity contribution in [2.75, 3.05) is 5.32 Å². The lowest BCUT2D eigenvalue weighted by molar-refractivity contribution is -0.137. The Morgan fingerprint density at radius 3 is 2.52 bits per heavy atom. The number of fused-ring (bicyclic) bond motifs is 1. The van der Waals surface area contributed by atoms with Crippen LogP contribution in [0.3, 0.4) is 0 Å². The summed E-state index contributed by atoms with van der Waals surface area (Å²) in [5.74, 6) is 0.681. The van der Waals surface area contributed by atoms with Crippen LogP contribution in [0.15, 0.2) is 35.1 Å². The normalized spacial score (nSPS) is 14.3. The molecular weight excluding hydrogens is 387 g/mol. The van der Waals surface area contributed by atoms with Crippen molar-refractivity contribution in [2.45, 2.75) is 44.8 Å². The second-order valence-electron chi connectivity index (χ2n) is 6.99. The van der Waals surface area contributed by atoms with E-state index in [1.54, 1.807) is 4.57 Å². The maximum absolute atomic E-state index is 12.7. The number of amides is 1. The van der Waals surface area contributed by atoms with Crippen molar-refractivity contribution in [3.05, 3.63) is 57.8 Å². The minimum atomic E-state index is -4.44. The average Bonchev–Trinajstić information content (AvgIpc) is 3.42. The van der Waals surface area contributed by atoms with Gasteiger partial charge in [0.25, 0.3) is 5.56 Å². The quantitative estimate of drug-likeness (QED) is 0.708. The number of alkyl halides is 3. The molecule has 0 aliphatic heterocycles. The highest BCUT2D eigenvalue weighted by Gasteiger charge is 2.30. The Labute approximate surface area is 163 Å². The lowest BCUT2D eigenvalue weighted by Gasteiger charge is -2.13. The van der Waals surface area contributed by atoms with E-state index in [4.69, 9.17) is 0 Å². The molecule has 1 aliphatic rings. The van der Waals surface area contributed by atoms with Crippen molar-refractivity contribution in [1.82, 2.24) is 19.2 Å². The molecule has 4 rings (SSSR count). The molecule has 7 nitrogen and oxygen atoms in total. The molecule has 1 amide bonds. The lowest BCUT2D eigenvalue weighted by Crippen LogP contribution is -2.26. The number of carbonyl (C=O) groups excluding carboxylic acids is 1. The van der Waals surface area contributed by atoms with Crippen LogP contribution in [-0.2, 0) is 23.9 Å². The molecule has 0 radical (unpaired) electrons. The summed E-state index contributed by atoms with van der Waals surface area (Å²) in [6.45, 7) is 1.71. The molecule has 152 valence electrons. The van der Waals surface area contributed by atoms with Gasteiger partial charge in [0.05, 0.1) is 5.56 Å². The monoisotopic (exact) mass is 405 g/mol. The van der Waals surface area contributed by atoms with Gasteiger partial charge in [-0.05, 0) is 43.5 Å². The molecule has 1 aromatic carbocycles. The van der Waals surface area contributed by atoms with Crippen molar-refractivity contribution in [1.29, 1.82) is 0 Å². The number of rotatable bonds is 5. The van der Waals surface area contributed by atoms with Crippen molar-refractivity contribution < 1.29 is 18.0 Å². The molecule has 2 heterocycles. The zero-order valence-corrected chi connectivity index (χ0v) is 15.5. The van der Waals surface area contributed by atoms with Gasteiger partial charge in [0.15, 0.2) is 5.82 Å². The van der Waals surface area contributed by atoms with Crippen molar-refractivity contribution in [3.8, 4) is 0 Å². The van der Waals surface area contributed by atoms with Crippen LogP contribution < -0.4 is 10.9 Å². The summed E-state index contributed by atoms with van der Waals surface area (Å²) in [6, 6.07) is 5.63. The van der Waals surface area contributed by atoms with Gasteiger partial charge < -0.3 is 9.88 Å². The third kappa shape index (κ3) is 3.87. The van der Waals surface area contributed by atoms with Gasteiger partial charge >= 0.3 is 6.18 Å². The number of hydrogen-bond acceptors (Lipinski definition) is 4. The Kier molecular flexibility index (Phi) is 4.64. The molecule has 0 unspecified atom stereocenters. The Morgan fingerprint density at radius 1 is 1.24 bits per heavy atom. The van der Waals surface area contributed by atoms with Crippen LogP contribution >= 0.6 is 0 Å². The summed E-state index contributed by atoms with van der Waals surface area (Å²) >= 11 is 0. The molecule has 1 saturated carbocycles. The number of carbonyl (C=O) groups is 1. The van der Waals surface area contributed by atoms with Crippen LogP contribution in [0, 0.1) is 0 Å². The van der Waals surface area contributed by atoms with Crippen LogP contribution in [0.1, 0.15) is 42.8 Å². The van der Waals surface area contributed by atoms with Gasteiger partial charge in [0.2, 0.25) is 11.7 Å². The first-order valence-corrected chi connectivity index (χ1v) is 9.22. The molecule has 0 bridgehead atoms. The van der Waals surface area contributed by atoms with E-state index in [-0.39, 0.29) is 23.7 Å². The van der Waals surface area contributed by atoms with E-state index in [2.05, 4.69) is 15.4 Å². The van der Waals surface area contributed by atoms with Crippen LogP contribution in [-0.4, -0.2) is 25.1 Å². The molecular formula is C19H18F3N5O2. The maximum Gasteiger partial charge on any atom is 0.416 e. The van der Waals surface area contributed by atoms with E-state index in [1.807, 2.05) is 6.92 Å². The fourth-order valence-electron chi connectivity index (χ4n) is 3.12. The van der Waals surface area contributed by atoms with E-state index in [0.29, 0.717) is 23.7 Å². The van der Waals surface area contributed by atoms with E-state index in [1.165, 1.54) is 22.7 Å². The average molecular weight is 405 g/mol. The fraction of sp³-hybridized carbons (Fsp3) is 0.368. The molecule has 1 fully saturated rings. The van der Waals surface area contributed by atoms with E-state index < -0.39 is 17.6 Å². The smallest absolute Gasteiger partial charge is 0.325 e. The lowest BCUT2D eigenvalue weighted by atomic mass is 10.2. The summed E-state index contributed by atoms with van der Waals surface area (Å²) in [4.78, 5) is 29.3. The standard InChI is InChI=1S/C19H18F3N5O2/c1-2-14-9-16(29)27-18(24-17(25-27)11-3-4-11)26(14)10-15(28)23-13-7-5-12(6-8-13)19(20,21)22/h5-9,11H,2-4,10H2,1H3,(H,23,28). The Bertz CT molecular complexity index is 1130. The van der Waals surface area contributed by atoms with Crippen molar-refractivity contribution in [3.63, 3.8) is 0 Å². The van der Waals surface area contributed by atoms with Gasteiger partial charge in [-0.1, -0.05) is 6.92 Å². The zero-order valence-electron chi connectivity index (χ0n) is 15.5. The van der Waals surface area contributed by atoms with Crippen molar-refractivity contribution in [2.24, 2.45) is 0 Å². The molecule has 10 heteroatoms. The molecule has 1 aliphatic carbocycles. The summed E-state index contributed by atoms with van der Waals surface area (Å²) in [5, 5.41) is 6.85. The minimum Gasteiger partial charge on any atom is -0.325 e. The Morgan fingerprint density at radius 2 is 1.93 bits per heavy atom. The first kappa shape index (κ1) is 19.2. The second-order valence-corrected chi connectivity index (χ2v) is 6.99. The molecule has 0 atom stereocenters. The molecule has 2 aromatic heterocycles. The fourth-order valence-corrected chi connectivity index (χ4v) is 3.12. The molecule has 1 N–H and O–H groups in total. The number of anilines is 1. The van der Waals surface area contributed by atoms with Crippen molar-refractivity contribution >= 4 is 17.4 Å². The maximum atomic E-state index is 12.7. The Balaban J connectivity index is 1.60. The SMILES string of the molecule is CCc1cc(=O)n2nc(C3CC3)nc2n1CC(=O)Nc1ccc(C(F)(F)F)cc1. The first-order chi connectivity index (χ1) is 13.8. The van der Waals surface area contributed by atoms with E-state index >= 15 is 0 Å². The highest BCUT2D eigenvalue weighted by molar-refractivity contribution is 5.90. The largest absolute Gasteiger partial charge is 0.416 e. The number of halogens is 3. The number of benzene rings is 1. The Hall–Kier alpha value is -3.17. The number of nitrogens with zero attached hydrogens (tertiary/aromatic N) is 4. The summed E-state index contributed by atoms with van der Waals surface area (Å²) in [5.41, 5.74) is -0.226. The molecule has 0 saturated heterocycles. The highest BCUT2D eigenvalue weighted by atomic mass is 19.4. The summed E-state index contributed by atoms with van der Waals surface area (Å²) < 4.78 is 40.8. The van der Waals surface area contributed by atoms with Crippen LogP contribution in [0.5, 0.6) is 0 Å². The van der Waals surface area contributed by atoms with Gasteiger partial charge in [-0.3, -0.25) is 9.59 Å². The number of aromatic nitrogens is 4. The zero-order chi connectivity index (χ0) is 20.8. The van der Waals surface area contributed by atoms with E-state index in [9.17, 15) is 22.8 Å². The third-order valence-electron chi connectivity index (χ3n) is 4.80. The van der Waals surface area contributed by atoms with E-state index in [0.717, 1.165) is 25.0 Å². The topological polar surface area (TPSA) is 81.3 Å². The minimum absolute atomic E-state index is 0.142. The first-order valence-electron chi connectivity index (χ1n) is 9.22. The number of hydrogen-bond donors (Lipinski definition) is 1. The summed E-state index contributed by atoms with van der Waals surface area (Å²) in [7, 11) is 0. The third-order valence-corrected chi connectivity index (χ3v) is 4.80. The van der Waals surface area contributed by atoms with Gasteiger partial charge in [0.1, 0.15) is 6.54 Å². The highest BCUT2D eigenvalue weighted by Crippen LogP contribution is 2.38. The van der Waals surface area contributed by atoms with Crippen LogP contribution in [0.25, 0.3) is 5.78 Å². The molecule has 29 heavy (non-hydrogen) atoms. The van der Waals surface area contributed by atoms with Crippen LogP contribution in [0.4, 0.5) is 18.9 Å². The van der Waals surface area contributed by atoms with Gasteiger partial charge in [-0.25, -0.2) is 0 Å². The van der Waals surface area contributed by atoms with Crippen LogP contribution in [0.2, 0.25) is 0 Å².